The maximum absolute atomic E-state index is 12.6. The molecule has 0 aromatic heterocycles. The number of amides is 1. The first-order valence-corrected chi connectivity index (χ1v) is 7.95. The fourth-order valence-electron chi connectivity index (χ4n) is 2.56. The van der Waals surface area contributed by atoms with Crippen molar-refractivity contribution in [3.05, 3.63) is 71.3 Å². The predicted molar refractivity (Wildman–Crippen MR) is 89.5 cm³/mol. The van der Waals surface area contributed by atoms with Gasteiger partial charge in [-0.1, -0.05) is 42.5 Å². The molecule has 7 heteroatoms. The van der Waals surface area contributed by atoms with Gasteiger partial charge in [0.25, 0.3) is 0 Å². The zero-order chi connectivity index (χ0) is 19.2. The van der Waals surface area contributed by atoms with Crippen LogP contribution in [0.25, 0.3) is 0 Å². The van der Waals surface area contributed by atoms with E-state index in [4.69, 9.17) is 5.11 Å². The lowest BCUT2D eigenvalue weighted by Gasteiger charge is -2.17. The molecule has 0 spiro atoms. The van der Waals surface area contributed by atoms with E-state index in [1.54, 1.807) is 24.3 Å². The molecule has 138 valence electrons. The number of carbonyl (C=O) groups excluding carboxylic acids is 1. The smallest absolute Gasteiger partial charge is 0.416 e. The van der Waals surface area contributed by atoms with Gasteiger partial charge in [0.2, 0.25) is 5.91 Å². The van der Waals surface area contributed by atoms with Gasteiger partial charge in [-0.3, -0.25) is 9.59 Å². The molecule has 26 heavy (non-hydrogen) atoms. The lowest BCUT2D eigenvalue weighted by Crippen LogP contribution is -2.39. The van der Waals surface area contributed by atoms with Crippen LogP contribution in [0, 0.1) is 0 Å². The summed E-state index contributed by atoms with van der Waals surface area (Å²) in [5, 5.41) is 11.7. The molecule has 0 heterocycles. The summed E-state index contributed by atoms with van der Waals surface area (Å²) in [4.78, 5) is 23.2. The van der Waals surface area contributed by atoms with Crippen LogP contribution < -0.4 is 5.32 Å². The Morgan fingerprint density at radius 2 is 1.58 bits per heavy atom. The summed E-state index contributed by atoms with van der Waals surface area (Å²) in [5.41, 5.74) is 0.530. The molecule has 0 fully saturated rings. The van der Waals surface area contributed by atoms with Gasteiger partial charge in [-0.25, -0.2) is 0 Å². The summed E-state index contributed by atoms with van der Waals surface area (Å²) in [6, 6.07) is 12.7. The highest BCUT2D eigenvalue weighted by Crippen LogP contribution is 2.29. The summed E-state index contributed by atoms with van der Waals surface area (Å²) in [5.74, 6) is -1.43. The molecule has 1 amide bonds. The summed E-state index contributed by atoms with van der Waals surface area (Å²) < 4.78 is 37.8. The zero-order valence-electron chi connectivity index (χ0n) is 13.8. The number of benzene rings is 2. The first kappa shape index (κ1) is 19.5. The zero-order valence-corrected chi connectivity index (χ0v) is 13.8. The Hall–Kier alpha value is -2.83. The number of halogens is 3. The van der Waals surface area contributed by atoms with E-state index in [1.807, 2.05) is 6.07 Å². The molecule has 0 saturated carbocycles. The van der Waals surface area contributed by atoms with Crippen LogP contribution in [0.15, 0.2) is 54.6 Å². The summed E-state index contributed by atoms with van der Waals surface area (Å²) in [6.07, 6.45) is -4.51. The van der Waals surface area contributed by atoms with Gasteiger partial charge >= 0.3 is 12.1 Å². The van der Waals surface area contributed by atoms with E-state index in [0.717, 1.165) is 17.7 Å². The second-order valence-corrected chi connectivity index (χ2v) is 5.92. The number of nitrogens with one attached hydrogen (secondary N) is 1. The largest absolute Gasteiger partial charge is 0.481 e. The van der Waals surface area contributed by atoms with Crippen molar-refractivity contribution in [2.45, 2.75) is 31.5 Å². The van der Waals surface area contributed by atoms with Crippen molar-refractivity contribution in [1.82, 2.24) is 5.32 Å². The van der Waals surface area contributed by atoms with Gasteiger partial charge in [-0.2, -0.15) is 13.2 Å². The fraction of sp³-hybridized carbons (Fsp3) is 0.263. The van der Waals surface area contributed by atoms with Gasteiger partial charge in [0, 0.05) is 6.04 Å². The normalized spacial score (nSPS) is 12.4. The number of alkyl halides is 3. The molecule has 2 N–H and O–H groups in total. The van der Waals surface area contributed by atoms with Crippen LogP contribution >= 0.6 is 0 Å². The minimum Gasteiger partial charge on any atom is -0.481 e. The van der Waals surface area contributed by atoms with Crippen LogP contribution in [-0.4, -0.2) is 23.0 Å². The van der Waals surface area contributed by atoms with Crippen molar-refractivity contribution in [2.75, 3.05) is 0 Å². The van der Waals surface area contributed by atoms with E-state index < -0.39 is 23.8 Å². The lowest BCUT2D eigenvalue weighted by atomic mass is 10.0. The Bertz CT molecular complexity index is 743. The van der Waals surface area contributed by atoms with Gasteiger partial charge < -0.3 is 10.4 Å². The van der Waals surface area contributed by atoms with Crippen molar-refractivity contribution >= 4 is 11.9 Å². The SMILES string of the molecule is O=C(O)C[C@H](Cc1ccc(C(F)(F)F)cc1)NC(=O)Cc1ccccc1. The van der Waals surface area contributed by atoms with Crippen LogP contribution in [0.4, 0.5) is 13.2 Å². The van der Waals surface area contributed by atoms with Crippen molar-refractivity contribution in [1.29, 1.82) is 0 Å². The molecule has 0 aliphatic carbocycles. The third kappa shape index (κ3) is 6.23. The first-order chi connectivity index (χ1) is 12.2. The van der Waals surface area contributed by atoms with E-state index in [0.29, 0.717) is 5.56 Å². The van der Waals surface area contributed by atoms with Crippen LogP contribution in [0.3, 0.4) is 0 Å². The topological polar surface area (TPSA) is 66.4 Å². The average Bonchev–Trinajstić information content (AvgIpc) is 2.54. The van der Waals surface area contributed by atoms with Crippen molar-refractivity contribution in [2.24, 2.45) is 0 Å². The first-order valence-electron chi connectivity index (χ1n) is 7.95. The highest BCUT2D eigenvalue weighted by Gasteiger charge is 2.30. The molecule has 0 radical (unpaired) electrons. The minimum atomic E-state index is -4.43. The molecule has 0 saturated heterocycles. The molecule has 2 aromatic carbocycles. The maximum atomic E-state index is 12.6. The Kier molecular flexibility index (Phi) is 6.38. The number of hydrogen-bond donors (Lipinski definition) is 2. The highest BCUT2D eigenvalue weighted by atomic mass is 19.4. The molecule has 0 bridgehead atoms. The molecule has 2 aromatic rings. The molecule has 2 rings (SSSR count). The molecular weight excluding hydrogens is 347 g/mol. The quantitative estimate of drug-likeness (QED) is 0.790. The number of aliphatic carboxylic acids is 1. The van der Waals surface area contributed by atoms with Crippen LogP contribution in [0.1, 0.15) is 23.1 Å². The Labute approximate surface area is 148 Å². The molecule has 0 aliphatic rings. The second kappa shape index (κ2) is 8.51. The molecule has 4 nitrogen and oxygen atoms in total. The van der Waals surface area contributed by atoms with E-state index in [2.05, 4.69) is 5.32 Å². The van der Waals surface area contributed by atoms with E-state index in [-0.39, 0.29) is 25.2 Å². The lowest BCUT2D eigenvalue weighted by molar-refractivity contribution is -0.138. The van der Waals surface area contributed by atoms with Crippen LogP contribution in [0.5, 0.6) is 0 Å². The number of carboxylic acids is 1. The Morgan fingerprint density at radius 1 is 0.962 bits per heavy atom. The Balaban J connectivity index is 2.02. The minimum absolute atomic E-state index is 0.101. The molecule has 0 unspecified atom stereocenters. The maximum Gasteiger partial charge on any atom is 0.416 e. The fourth-order valence-corrected chi connectivity index (χ4v) is 2.56. The molecule has 0 aliphatic heterocycles. The number of carbonyl (C=O) groups is 2. The molecule has 1 atom stereocenters. The van der Waals surface area contributed by atoms with Crippen molar-refractivity contribution in [3.63, 3.8) is 0 Å². The van der Waals surface area contributed by atoms with E-state index in [1.165, 1.54) is 12.1 Å². The number of hydrogen-bond acceptors (Lipinski definition) is 2. The average molecular weight is 365 g/mol. The Morgan fingerprint density at radius 3 is 2.12 bits per heavy atom. The highest BCUT2D eigenvalue weighted by molar-refractivity contribution is 5.79. The summed E-state index contributed by atoms with van der Waals surface area (Å²) in [6.45, 7) is 0. The third-order valence-electron chi connectivity index (χ3n) is 3.76. The number of rotatable bonds is 7. The van der Waals surface area contributed by atoms with Gasteiger partial charge in [0.1, 0.15) is 0 Å². The van der Waals surface area contributed by atoms with E-state index >= 15 is 0 Å². The summed E-state index contributed by atoms with van der Waals surface area (Å²) >= 11 is 0. The monoisotopic (exact) mass is 365 g/mol. The van der Waals surface area contributed by atoms with Crippen molar-refractivity contribution < 1.29 is 27.9 Å². The summed E-state index contributed by atoms with van der Waals surface area (Å²) in [7, 11) is 0. The second-order valence-electron chi connectivity index (χ2n) is 5.92. The van der Waals surface area contributed by atoms with Crippen molar-refractivity contribution in [3.8, 4) is 0 Å². The third-order valence-corrected chi connectivity index (χ3v) is 3.76. The van der Waals surface area contributed by atoms with Crippen LogP contribution in [-0.2, 0) is 28.6 Å². The van der Waals surface area contributed by atoms with Gasteiger partial charge in [0.15, 0.2) is 0 Å². The van der Waals surface area contributed by atoms with Gasteiger partial charge in [-0.05, 0) is 29.7 Å². The number of carboxylic acid groups (broad SMARTS) is 1. The van der Waals surface area contributed by atoms with Gasteiger partial charge in [0.05, 0.1) is 18.4 Å². The molecular formula is C19H18F3NO3. The standard InChI is InChI=1S/C19H18F3NO3/c20-19(21,22)15-8-6-14(7-9-15)10-16(12-18(25)26)23-17(24)11-13-4-2-1-3-5-13/h1-9,16H,10-12H2,(H,23,24)(H,25,26)/t16-/m0/s1. The van der Waals surface area contributed by atoms with E-state index in [9.17, 15) is 22.8 Å². The van der Waals surface area contributed by atoms with Gasteiger partial charge in [-0.15, -0.1) is 0 Å². The predicted octanol–water partition coefficient (Wildman–Crippen LogP) is 3.45. The van der Waals surface area contributed by atoms with Crippen LogP contribution in [0.2, 0.25) is 0 Å².